The van der Waals surface area contributed by atoms with Crippen LogP contribution < -0.4 is 10.1 Å². The lowest BCUT2D eigenvalue weighted by Gasteiger charge is -2.21. The summed E-state index contributed by atoms with van der Waals surface area (Å²) in [6, 6.07) is 8.17. The molecule has 0 bridgehead atoms. The van der Waals surface area contributed by atoms with Crippen molar-refractivity contribution in [2.24, 2.45) is 0 Å². The summed E-state index contributed by atoms with van der Waals surface area (Å²) < 4.78 is 5.62. The van der Waals surface area contributed by atoms with Crippen molar-refractivity contribution in [2.75, 3.05) is 33.8 Å². The molecule has 0 radical (unpaired) electrons. The van der Waals surface area contributed by atoms with E-state index in [2.05, 4.69) is 18.3 Å². The van der Waals surface area contributed by atoms with E-state index in [0.717, 1.165) is 11.3 Å². The summed E-state index contributed by atoms with van der Waals surface area (Å²) in [4.78, 5) is 1.98. The third-order valence-electron chi connectivity index (χ3n) is 2.92. The predicted molar refractivity (Wildman–Crippen MR) is 78.6 cm³/mol. The maximum Gasteiger partial charge on any atom is 0.124 e. The number of nitrogens with one attached hydrogen (secondary N) is 1. The Morgan fingerprint density at radius 3 is 2.63 bits per heavy atom. The quantitative estimate of drug-likeness (QED) is 0.751. The van der Waals surface area contributed by atoms with E-state index in [1.807, 2.05) is 44.1 Å². The van der Waals surface area contributed by atoms with Crippen molar-refractivity contribution in [1.82, 2.24) is 10.2 Å². The topological polar surface area (TPSA) is 44.7 Å². The fourth-order valence-corrected chi connectivity index (χ4v) is 2.03. The molecule has 2 unspecified atom stereocenters. The molecule has 0 aromatic heterocycles. The number of aliphatic hydroxyl groups is 1. The van der Waals surface area contributed by atoms with Gasteiger partial charge in [-0.1, -0.05) is 18.2 Å². The minimum Gasteiger partial charge on any atom is -0.494 e. The largest absolute Gasteiger partial charge is 0.494 e. The van der Waals surface area contributed by atoms with Crippen LogP contribution in [0.1, 0.15) is 25.5 Å². The molecule has 19 heavy (non-hydrogen) atoms. The van der Waals surface area contributed by atoms with Crippen LogP contribution in [0, 0.1) is 0 Å². The van der Waals surface area contributed by atoms with Crippen LogP contribution in [0.15, 0.2) is 24.3 Å². The van der Waals surface area contributed by atoms with Crippen LogP contribution in [0.3, 0.4) is 0 Å². The van der Waals surface area contributed by atoms with Crippen LogP contribution in [0.2, 0.25) is 0 Å². The van der Waals surface area contributed by atoms with Crippen LogP contribution in [0.5, 0.6) is 5.75 Å². The van der Waals surface area contributed by atoms with Gasteiger partial charge >= 0.3 is 0 Å². The normalized spacial score (nSPS) is 14.4. The average Bonchev–Trinajstić information content (AvgIpc) is 2.36. The third-order valence-corrected chi connectivity index (χ3v) is 2.92. The molecule has 0 heterocycles. The molecule has 0 fully saturated rings. The van der Waals surface area contributed by atoms with E-state index >= 15 is 0 Å². The van der Waals surface area contributed by atoms with Crippen LogP contribution in [0.4, 0.5) is 0 Å². The number of nitrogens with zero attached hydrogens (tertiary/aromatic N) is 1. The molecule has 0 spiro atoms. The summed E-state index contributed by atoms with van der Waals surface area (Å²) in [5.41, 5.74) is 1.13. The van der Waals surface area contributed by atoms with Gasteiger partial charge in [-0.15, -0.1) is 0 Å². The second-order valence-corrected chi connectivity index (χ2v) is 5.02. The Balaban J connectivity index is 2.55. The molecule has 2 N–H and O–H groups in total. The van der Waals surface area contributed by atoms with Gasteiger partial charge in [-0.05, 0) is 34.0 Å². The number of likely N-dealkylation sites (N-methyl/N-ethyl adjacent to an activating group) is 1. The van der Waals surface area contributed by atoms with Gasteiger partial charge in [-0.3, -0.25) is 0 Å². The lowest BCUT2D eigenvalue weighted by molar-refractivity contribution is 0.132. The Kier molecular flexibility index (Phi) is 6.84. The molecule has 0 amide bonds. The van der Waals surface area contributed by atoms with Crippen molar-refractivity contribution >= 4 is 0 Å². The second kappa shape index (κ2) is 8.15. The molecule has 0 saturated heterocycles. The maximum absolute atomic E-state index is 9.85. The van der Waals surface area contributed by atoms with Crippen LogP contribution in [-0.4, -0.2) is 49.9 Å². The Morgan fingerprint density at radius 2 is 2.00 bits per heavy atom. The van der Waals surface area contributed by atoms with E-state index in [9.17, 15) is 5.11 Å². The number of benzene rings is 1. The van der Waals surface area contributed by atoms with Gasteiger partial charge in [0.25, 0.3) is 0 Å². The van der Waals surface area contributed by atoms with E-state index in [1.54, 1.807) is 0 Å². The van der Waals surface area contributed by atoms with Gasteiger partial charge in [0.2, 0.25) is 0 Å². The van der Waals surface area contributed by atoms with Crippen LogP contribution in [-0.2, 0) is 0 Å². The smallest absolute Gasteiger partial charge is 0.124 e. The molecule has 0 aliphatic heterocycles. The molecule has 1 rings (SSSR count). The van der Waals surface area contributed by atoms with Gasteiger partial charge in [0, 0.05) is 24.7 Å². The fraction of sp³-hybridized carbons (Fsp3) is 0.600. The Bertz CT molecular complexity index is 369. The summed E-state index contributed by atoms with van der Waals surface area (Å²) in [6.07, 6.45) is -0.364. The van der Waals surface area contributed by atoms with Crippen molar-refractivity contribution in [3.63, 3.8) is 0 Å². The Hall–Kier alpha value is -1.10. The number of rotatable bonds is 8. The minimum absolute atomic E-state index is 0.152. The fourth-order valence-electron chi connectivity index (χ4n) is 2.03. The summed E-state index contributed by atoms with van der Waals surface area (Å²) in [7, 11) is 3.91. The number of hydrogen-bond donors (Lipinski definition) is 2. The van der Waals surface area contributed by atoms with Crippen molar-refractivity contribution < 1.29 is 9.84 Å². The van der Waals surface area contributed by atoms with Gasteiger partial charge in [-0.25, -0.2) is 0 Å². The number of ether oxygens (including phenoxy) is 1. The highest BCUT2D eigenvalue weighted by Crippen LogP contribution is 2.24. The Morgan fingerprint density at radius 1 is 1.32 bits per heavy atom. The molecule has 0 aliphatic rings. The highest BCUT2D eigenvalue weighted by atomic mass is 16.5. The lowest BCUT2D eigenvalue weighted by atomic mass is 10.1. The molecule has 0 saturated carbocycles. The lowest BCUT2D eigenvalue weighted by Crippen LogP contribution is -2.36. The first kappa shape index (κ1) is 16.0. The minimum atomic E-state index is -0.364. The van der Waals surface area contributed by atoms with E-state index in [4.69, 9.17) is 4.74 Å². The zero-order valence-electron chi connectivity index (χ0n) is 12.4. The number of para-hydroxylation sites is 1. The van der Waals surface area contributed by atoms with Gasteiger partial charge in [0.05, 0.1) is 12.7 Å². The van der Waals surface area contributed by atoms with E-state index in [-0.39, 0.29) is 12.1 Å². The first-order valence-electron chi connectivity index (χ1n) is 6.82. The molecule has 108 valence electrons. The summed E-state index contributed by atoms with van der Waals surface area (Å²) >= 11 is 0. The zero-order valence-corrected chi connectivity index (χ0v) is 12.4. The van der Waals surface area contributed by atoms with Gasteiger partial charge in [0.15, 0.2) is 0 Å². The summed E-state index contributed by atoms with van der Waals surface area (Å²) in [6.45, 7) is 5.95. The maximum atomic E-state index is 9.85. The second-order valence-electron chi connectivity index (χ2n) is 5.02. The molecular formula is C15H26N2O2. The van der Waals surface area contributed by atoms with Crippen molar-refractivity contribution in [2.45, 2.75) is 26.0 Å². The molecule has 1 aromatic rings. The monoisotopic (exact) mass is 266 g/mol. The molecule has 2 atom stereocenters. The van der Waals surface area contributed by atoms with Gasteiger partial charge < -0.3 is 20.1 Å². The van der Waals surface area contributed by atoms with E-state index in [1.165, 1.54) is 0 Å². The standard InChI is InChI=1S/C15H26N2O2/c1-5-19-15-9-7-6-8-14(15)12(2)16-10-13(18)11-17(3)4/h6-9,12-13,16,18H,5,10-11H2,1-4H3. The molecular weight excluding hydrogens is 240 g/mol. The van der Waals surface area contributed by atoms with Gasteiger partial charge in [0.1, 0.15) is 5.75 Å². The molecule has 4 heteroatoms. The average molecular weight is 266 g/mol. The Labute approximate surface area is 116 Å². The van der Waals surface area contributed by atoms with E-state index in [0.29, 0.717) is 19.7 Å². The first-order valence-corrected chi connectivity index (χ1v) is 6.82. The van der Waals surface area contributed by atoms with Gasteiger partial charge in [-0.2, -0.15) is 0 Å². The first-order chi connectivity index (χ1) is 9.04. The van der Waals surface area contributed by atoms with Crippen molar-refractivity contribution in [1.29, 1.82) is 0 Å². The number of hydrogen-bond acceptors (Lipinski definition) is 4. The SMILES string of the molecule is CCOc1ccccc1C(C)NCC(O)CN(C)C. The zero-order chi connectivity index (χ0) is 14.3. The highest BCUT2D eigenvalue weighted by molar-refractivity contribution is 5.35. The third kappa shape index (κ3) is 5.59. The highest BCUT2D eigenvalue weighted by Gasteiger charge is 2.12. The van der Waals surface area contributed by atoms with Crippen molar-refractivity contribution in [3.05, 3.63) is 29.8 Å². The number of aliphatic hydroxyl groups excluding tert-OH is 1. The summed E-state index contributed by atoms with van der Waals surface area (Å²) in [5, 5.41) is 13.2. The van der Waals surface area contributed by atoms with E-state index < -0.39 is 0 Å². The molecule has 0 aliphatic carbocycles. The predicted octanol–water partition coefficient (Wildman–Crippen LogP) is 1.66. The summed E-state index contributed by atoms with van der Waals surface area (Å²) in [5.74, 6) is 0.909. The van der Waals surface area contributed by atoms with Crippen LogP contribution >= 0.6 is 0 Å². The molecule has 1 aromatic carbocycles. The van der Waals surface area contributed by atoms with Crippen LogP contribution in [0.25, 0.3) is 0 Å². The molecule has 4 nitrogen and oxygen atoms in total. The van der Waals surface area contributed by atoms with Crippen molar-refractivity contribution in [3.8, 4) is 5.75 Å².